The van der Waals surface area contributed by atoms with Crippen molar-refractivity contribution in [1.82, 2.24) is 10.3 Å². The van der Waals surface area contributed by atoms with Gasteiger partial charge in [-0.1, -0.05) is 0 Å². The molecule has 94 valence electrons. The lowest BCUT2D eigenvalue weighted by Gasteiger charge is -2.26. The minimum atomic E-state index is -0.875. The maximum atomic E-state index is 12.6. The number of aromatic nitrogens is 1. The molecule has 1 fully saturated rings. The smallest absolute Gasteiger partial charge is 0.213 e. The molecule has 6 heteroatoms. The molecule has 1 N–H and O–H groups in total. The number of pyridine rings is 1. The maximum absolute atomic E-state index is 12.6. The van der Waals surface area contributed by atoms with E-state index in [0.29, 0.717) is 24.8 Å². The van der Waals surface area contributed by atoms with Crippen molar-refractivity contribution in [1.29, 1.82) is 0 Å². The van der Waals surface area contributed by atoms with Gasteiger partial charge in [0.1, 0.15) is 12.4 Å². The highest BCUT2D eigenvalue weighted by molar-refractivity contribution is 7.85. The standard InChI is InChI=1S/C11H15FN2O2S/c1-8-7-17(15)10(5-13-8)6-16-11-3-2-9(12)4-14-11/h2-4,8,10,13H,5-7H2,1H3/t8-,10-,17?/m1/s1. The lowest BCUT2D eigenvalue weighted by Crippen LogP contribution is -2.48. The SMILES string of the molecule is C[C@@H]1CS(=O)[C@@H](COc2ccc(F)cn2)CN1. The summed E-state index contributed by atoms with van der Waals surface area (Å²) in [5, 5.41) is 3.22. The number of hydrogen-bond acceptors (Lipinski definition) is 4. The van der Waals surface area contributed by atoms with Gasteiger partial charge < -0.3 is 10.1 Å². The number of halogens is 1. The molecule has 0 bridgehead atoms. The number of nitrogens with zero attached hydrogens (tertiary/aromatic N) is 1. The first-order valence-corrected chi connectivity index (χ1v) is 6.88. The van der Waals surface area contributed by atoms with Gasteiger partial charge in [0.15, 0.2) is 0 Å². The first kappa shape index (κ1) is 12.4. The molecule has 17 heavy (non-hydrogen) atoms. The molecule has 1 saturated heterocycles. The first-order chi connectivity index (χ1) is 8.15. The Morgan fingerprint density at radius 2 is 2.47 bits per heavy atom. The highest BCUT2D eigenvalue weighted by atomic mass is 32.2. The van der Waals surface area contributed by atoms with E-state index in [4.69, 9.17) is 4.74 Å². The van der Waals surface area contributed by atoms with E-state index in [9.17, 15) is 8.60 Å². The van der Waals surface area contributed by atoms with E-state index in [-0.39, 0.29) is 11.3 Å². The second-order valence-electron chi connectivity index (χ2n) is 4.10. The molecule has 0 amide bonds. The summed E-state index contributed by atoms with van der Waals surface area (Å²) < 4.78 is 29.8. The van der Waals surface area contributed by atoms with Crippen molar-refractivity contribution < 1.29 is 13.3 Å². The highest BCUT2D eigenvalue weighted by Crippen LogP contribution is 2.10. The molecule has 0 radical (unpaired) electrons. The summed E-state index contributed by atoms with van der Waals surface area (Å²) in [6.07, 6.45) is 1.10. The van der Waals surface area contributed by atoms with E-state index < -0.39 is 16.6 Å². The van der Waals surface area contributed by atoms with Gasteiger partial charge in [0.05, 0.1) is 11.4 Å². The molecular formula is C11H15FN2O2S. The Morgan fingerprint density at radius 1 is 1.65 bits per heavy atom. The van der Waals surface area contributed by atoms with Crippen molar-refractivity contribution >= 4 is 10.8 Å². The highest BCUT2D eigenvalue weighted by Gasteiger charge is 2.25. The molecule has 0 saturated carbocycles. The minimum Gasteiger partial charge on any atom is -0.476 e. The van der Waals surface area contributed by atoms with E-state index >= 15 is 0 Å². The summed E-state index contributed by atoms with van der Waals surface area (Å²) in [6, 6.07) is 3.05. The summed E-state index contributed by atoms with van der Waals surface area (Å²) in [4.78, 5) is 3.79. The van der Waals surface area contributed by atoms with Gasteiger partial charge in [-0.05, 0) is 13.0 Å². The van der Waals surface area contributed by atoms with Crippen LogP contribution in [0.3, 0.4) is 0 Å². The Morgan fingerprint density at radius 3 is 3.12 bits per heavy atom. The van der Waals surface area contributed by atoms with Crippen LogP contribution >= 0.6 is 0 Å². The Hall–Kier alpha value is -1.01. The van der Waals surface area contributed by atoms with E-state index in [1.54, 1.807) is 0 Å². The number of ether oxygens (including phenoxy) is 1. The average Bonchev–Trinajstić information content (AvgIpc) is 2.30. The molecule has 0 spiro atoms. The summed E-state index contributed by atoms with van der Waals surface area (Å²) in [5.74, 6) is 0.612. The van der Waals surface area contributed by atoms with Gasteiger partial charge in [0.2, 0.25) is 5.88 Å². The van der Waals surface area contributed by atoms with Gasteiger partial charge in [0, 0.05) is 35.2 Å². The van der Waals surface area contributed by atoms with Gasteiger partial charge in [-0.15, -0.1) is 0 Å². The molecule has 3 atom stereocenters. The van der Waals surface area contributed by atoms with E-state index in [1.165, 1.54) is 12.1 Å². The topological polar surface area (TPSA) is 51.2 Å². The summed E-state index contributed by atoms with van der Waals surface area (Å²) in [7, 11) is -0.875. The zero-order chi connectivity index (χ0) is 12.3. The van der Waals surface area contributed by atoms with Gasteiger partial charge in [-0.2, -0.15) is 0 Å². The Kier molecular flexibility index (Phi) is 4.06. The molecular weight excluding hydrogens is 243 g/mol. The van der Waals surface area contributed by atoms with Crippen LogP contribution in [-0.2, 0) is 10.8 Å². The Balaban J connectivity index is 1.86. The number of rotatable bonds is 3. The van der Waals surface area contributed by atoms with Crippen LogP contribution in [0.2, 0.25) is 0 Å². The van der Waals surface area contributed by atoms with Crippen molar-refractivity contribution in [3.63, 3.8) is 0 Å². The van der Waals surface area contributed by atoms with Gasteiger partial charge in [0.25, 0.3) is 0 Å². The molecule has 0 aromatic carbocycles. The third kappa shape index (κ3) is 3.47. The lowest BCUT2D eigenvalue weighted by molar-refractivity contribution is 0.294. The normalized spacial score (nSPS) is 28.9. The van der Waals surface area contributed by atoms with Crippen molar-refractivity contribution in [2.75, 3.05) is 18.9 Å². The van der Waals surface area contributed by atoms with Crippen molar-refractivity contribution in [3.8, 4) is 5.88 Å². The van der Waals surface area contributed by atoms with Crippen LogP contribution in [0.15, 0.2) is 18.3 Å². The Bertz CT molecular complexity index is 399. The Labute approximate surface area is 102 Å². The fraction of sp³-hybridized carbons (Fsp3) is 0.545. The van der Waals surface area contributed by atoms with E-state index in [0.717, 1.165) is 6.20 Å². The predicted molar refractivity (Wildman–Crippen MR) is 64.0 cm³/mol. The lowest BCUT2D eigenvalue weighted by atomic mass is 10.3. The summed E-state index contributed by atoms with van der Waals surface area (Å²) in [6.45, 7) is 3.02. The van der Waals surface area contributed by atoms with Crippen molar-refractivity contribution in [3.05, 3.63) is 24.1 Å². The predicted octanol–water partition coefficient (Wildman–Crippen LogP) is 0.708. The molecule has 1 aliphatic rings. The van der Waals surface area contributed by atoms with Gasteiger partial charge >= 0.3 is 0 Å². The minimum absolute atomic E-state index is 0.0296. The van der Waals surface area contributed by atoms with Crippen molar-refractivity contribution in [2.45, 2.75) is 18.2 Å². The molecule has 1 aliphatic heterocycles. The van der Waals surface area contributed by atoms with Gasteiger partial charge in [-0.3, -0.25) is 4.21 Å². The quantitative estimate of drug-likeness (QED) is 0.867. The second-order valence-corrected chi connectivity index (χ2v) is 5.87. The van der Waals surface area contributed by atoms with Crippen LogP contribution in [0.4, 0.5) is 4.39 Å². The average molecular weight is 258 g/mol. The van der Waals surface area contributed by atoms with E-state index in [1.807, 2.05) is 6.92 Å². The fourth-order valence-electron chi connectivity index (χ4n) is 1.63. The van der Waals surface area contributed by atoms with Crippen LogP contribution in [-0.4, -0.2) is 39.4 Å². The van der Waals surface area contributed by atoms with Crippen LogP contribution < -0.4 is 10.1 Å². The molecule has 1 unspecified atom stereocenters. The fourth-order valence-corrected chi connectivity index (χ4v) is 3.01. The van der Waals surface area contributed by atoms with Gasteiger partial charge in [-0.25, -0.2) is 9.37 Å². The summed E-state index contributed by atoms with van der Waals surface area (Å²) >= 11 is 0. The molecule has 1 aromatic rings. The third-order valence-corrected chi connectivity index (χ3v) is 4.47. The summed E-state index contributed by atoms with van der Waals surface area (Å²) in [5.41, 5.74) is 0. The number of nitrogens with one attached hydrogen (secondary N) is 1. The second kappa shape index (κ2) is 5.55. The maximum Gasteiger partial charge on any atom is 0.213 e. The first-order valence-electron chi connectivity index (χ1n) is 5.50. The molecule has 2 rings (SSSR count). The van der Waals surface area contributed by atoms with Crippen molar-refractivity contribution in [2.24, 2.45) is 0 Å². The zero-order valence-electron chi connectivity index (χ0n) is 9.56. The van der Waals surface area contributed by atoms with Crippen LogP contribution in [0, 0.1) is 5.82 Å². The largest absolute Gasteiger partial charge is 0.476 e. The van der Waals surface area contributed by atoms with E-state index in [2.05, 4.69) is 10.3 Å². The molecule has 0 aliphatic carbocycles. The zero-order valence-corrected chi connectivity index (χ0v) is 10.4. The van der Waals surface area contributed by atoms with Crippen LogP contribution in [0.5, 0.6) is 5.88 Å². The third-order valence-electron chi connectivity index (χ3n) is 2.60. The molecule has 1 aromatic heterocycles. The molecule has 2 heterocycles. The van der Waals surface area contributed by atoms with Crippen LogP contribution in [0.1, 0.15) is 6.92 Å². The van der Waals surface area contributed by atoms with Crippen LogP contribution in [0.25, 0.3) is 0 Å². The number of hydrogen-bond donors (Lipinski definition) is 1. The monoisotopic (exact) mass is 258 g/mol. The molecule has 4 nitrogen and oxygen atoms in total.